The molecule has 8 heteroatoms. The van der Waals surface area contributed by atoms with Gasteiger partial charge in [-0.15, -0.1) is 0 Å². The minimum Gasteiger partial charge on any atom is -0.497 e. The molecular formula is C25H29N7O. The Balaban J connectivity index is 1.43. The Morgan fingerprint density at radius 1 is 1.09 bits per heavy atom. The number of hydrogen-bond acceptors (Lipinski definition) is 7. The van der Waals surface area contributed by atoms with Crippen molar-refractivity contribution in [1.82, 2.24) is 29.6 Å². The van der Waals surface area contributed by atoms with Crippen molar-refractivity contribution in [3.63, 3.8) is 0 Å². The number of nitrogens with one attached hydrogen (secondary N) is 1. The first-order chi connectivity index (χ1) is 16.1. The molecule has 4 heterocycles. The Hall–Kier alpha value is -3.52. The molecule has 1 aliphatic rings. The van der Waals surface area contributed by atoms with Gasteiger partial charge in [-0.05, 0) is 63.7 Å². The minimum absolute atomic E-state index is 0.417. The summed E-state index contributed by atoms with van der Waals surface area (Å²) in [6.07, 6.45) is 7.57. The van der Waals surface area contributed by atoms with Crippen molar-refractivity contribution in [1.29, 1.82) is 0 Å². The fourth-order valence-corrected chi connectivity index (χ4v) is 4.38. The smallest absolute Gasteiger partial charge is 0.158 e. The van der Waals surface area contributed by atoms with E-state index in [2.05, 4.69) is 45.4 Å². The van der Waals surface area contributed by atoms with Gasteiger partial charge in [-0.3, -0.25) is 0 Å². The lowest BCUT2D eigenvalue weighted by Crippen LogP contribution is -2.37. The van der Waals surface area contributed by atoms with E-state index in [0.717, 1.165) is 70.9 Å². The first kappa shape index (κ1) is 21.3. The maximum absolute atomic E-state index is 5.26. The van der Waals surface area contributed by atoms with Crippen LogP contribution in [-0.2, 0) is 6.54 Å². The monoisotopic (exact) mass is 443 g/mol. The molecule has 0 radical (unpaired) electrons. The second-order valence-electron chi connectivity index (χ2n) is 8.69. The van der Waals surface area contributed by atoms with Gasteiger partial charge < -0.3 is 15.0 Å². The van der Waals surface area contributed by atoms with E-state index in [1.165, 1.54) is 0 Å². The van der Waals surface area contributed by atoms with Crippen molar-refractivity contribution in [2.45, 2.75) is 32.4 Å². The van der Waals surface area contributed by atoms with Gasteiger partial charge in [0.15, 0.2) is 5.65 Å². The number of benzene rings is 1. The molecule has 1 aliphatic heterocycles. The molecular weight excluding hydrogens is 414 g/mol. The standard InChI is InChI=1S/C25H29N7O/c1-17-22-12-19(23-14-26-16-28-24(23)29-20-8-10-31(2)11-9-20)13-27-25(22)32(30-17)15-18-4-6-21(33-3)7-5-18/h4-7,12-14,16,20H,8-11,15H2,1-3H3,(H,26,28,29). The zero-order chi connectivity index (χ0) is 22.8. The van der Waals surface area contributed by atoms with Gasteiger partial charge in [0, 0.05) is 34.9 Å². The number of ether oxygens (including phenoxy) is 1. The average Bonchev–Trinajstić information content (AvgIpc) is 3.16. The number of piperidine rings is 1. The van der Waals surface area contributed by atoms with Gasteiger partial charge in [-0.1, -0.05) is 12.1 Å². The maximum Gasteiger partial charge on any atom is 0.158 e. The molecule has 4 aromatic rings. The molecule has 0 aliphatic carbocycles. The zero-order valence-corrected chi connectivity index (χ0v) is 19.3. The van der Waals surface area contributed by atoms with Crippen LogP contribution in [0.25, 0.3) is 22.2 Å². The third-order valence-corrected chi connectivity index (χ3v) is 6.35. The predicted molar refractivity (Wildman–Crippen MR) is 130 cm³/mol. The molecule has 3 aromatic heterocycles. The Kier molecular flexibility index (Phi) is 5.92. The van der Waals surface area contributed by atoms with E-state index in [0.29, 0.717) is 12.6 Å². The number of hydrogen-bond donors (Lipinski definition) is 1. The van der Waals surface area contributed by atoms with Gasteiger partial charge in [0.2, 0.25) is 0 Å². The highest BCUT2D eigenvalue weighted by Crippen LogP contribution is 2.30. The van der Waals surface area contributed by atoms with Crippen LogP contribution in [0, 0.1) is 6.92 Å². The minimum atomic E-state index is 0.417. The van der Waals surface area contributed by atoms with Crippen LogP contribution >= 0.6 is 0 Å². The maximum atomic E-state index is 5.26. The lowest BCUT2D eigenvalue weighted by atomic mass is 10.0. The van der Waals surface area contributed by atoms with Gasteiger partial charge in [-0.2, -0.15) is 5.10 Å². The van der Waals surface area contributed by atoms with Crippen molar-refractivity contribution in [3.05, 3.63) is 60.3 Å². The van der Waals surface area contributed by atoms with Crippen molar-refractivity contribution in [2.75, 3.05) is 32.6 Å². The molecule has 0 unspecified atom stereocenters. The largest absolute Gasteiger partial charge is 0.497 e. The molecule has 170 valence electrons. The number of anilines is 1. The van der Waals surface area contributed by atoms with Crippen LogP contribution < -0.4 is 10.1 Å². The molecule has 5 rings (SSSR count). The summed E-state index contributed by atoms with van der Waals surface area (Å²) in [5.41, 5.74) is 4.93. The number of likely N-dealkylation sites (tertiary alicyclic amines) is 1. The normalized spacial score (nSPS) is 15.1. The first-order valence-electron chi connectivity index (χ1n) is 11.3. The van der Waals surface area contributed by atoms with Crippen LogP contribution in [0.3, 0.4) is 0 Å². The Morgan fingerprint density at radius 2 is 1.88 bits per heavy atom. The number of aryl methyl sites for hydroxylation is 1. The lowest BCUT2D eigenvalue weighted by molar-refractivity contribution is 0.263. The summed E-state index contributed by atoms with van der Waals surface area (Å²) in [6.45, 7) is 4.87. The van der Waals surface area contributed by atoms with E-state index in [9.17, 15) is 0 Å². The van der Waals surface area contributed by atoms with Crippen LogP contribution in [0.4, 0.5) is 5.82 Å². The number of pyridine rings is 1. The third-order valence-electron chi connectivity index (χ3n) is 6.35. The fraction of sp³-hybridized carbons (Fsp3) is 0.360. The molecule has 0 saturated carbocycles. The molecule has 1 fully saturated rings. The Morgan fingerprint density at radius 3 is 2.64 bits per heavy atom. The van der Waals surface area contributed by atoms with Crippen LogP contribution in [0.5, 0.6) is 5.75 Å². The average molecular weight is 444 g/mol. The van der Waals surface area contributed by atoms with Crippen molar-refractivity contribution < 1.29 is 4.74 Å². The topological polar surface area (TPSA) is 81.0 Å². The third kappa shape index (κ3) is 4.52. The Labute approximate surface area is 193 Å². The zero-order valence-electron chi connectivity index (χ0n) is 19.3. The van der Waals surface area contributed by atoms with Gasteiger partial charge in [0.1, 0.15) is 17.9 Å². The molecule has 33 heavy (non-hydrogen) atoms. The SMILES string of the molecule is COc1ccc(Cn2nc(C)c3cc(-c4cncnc4NC4CCN(C)CC4)cnc32)cc1. The van der Waals surface area contributed by atoms with Gasteiger partial charge in [0.25, 0.3) is 0 Å². The second kappa shape index (κ2) is 9.15. The highest BCUT2D eigenvalue weighted by Gasteiger charge is 2.19. The quantitative estimate of drug-likeness (QED) is 0.486. The van der Waals surface area contributed by atoms with Crippen molar-refractivity contribution >= 4 is 16.9 Å². The molecule has 1 aromatic carbocycles. The predicted octanol–water partition coefficient (Wildman–Crippen LogP) is 3.76. The number of aromatic nitrogens is 5. The van der Waals surface area contributed by atoms with E-state index in [1.807, 2.05) is 36.1 Å². The summed E-state index contributed by atoms with van der Waals surface area (Å²) in [6, 6.07) is 10.6. The van der Waals surface area contributed by atoms with E-state index in [1.54, 1.807) is 13.4 Å². The van der Waals surface area contributed by atoms with E-state index in [4.69, 9.17) is 14.8 Å². The summed E-state index contributed by atoms with van der Waals surface area (Å²) in [7, 11) is 3.84. The molecule has 1 saturated heterocycles. The van der Waals surface area contributed by atoms with Gasteiger partial charge in [-0.25, -0.2) is 19.6 Å². The summed E-state index contributed by atoms with van der Waals surface area (Å²) < 4.78 is 7.21. The van der Waals surface area contributed by atoms with Gasteiger partial charge >= 0.3 is 0 Å². The molecule has 8 nitrogen and oxygen atoms in total. The van der Waals surface area contributed by atoms with Crippen LogP contribution in [0.15, 0.2) is 49.1 Å². The van der Waals surface area contributed by atoms with E-state index < -0.39 is 0 Å². The lowest BCUT2D eigenvalue weighted by Gasteiger charge is -2.30. The molecule has 0 amide bonds. The van der Waals surface area contributed by atoms with Crippen LogP contribution in [0.1, 0.15) is 24.1 Å². The number of nitrogens with zero attached hydrogens (tertiary/aromatic N) is 6. The van der Waals surface area contributed by atoms with Gasteiger partial charge in [0.05, 0.1) is 19.3 Å². The van der Waals surface area contributed by atoms with Crippen LogP contribution in [0.2, 0.25) is 0 Å². The molecule has 0 bridgehead atoms. The van der Waals surface area contributed by atoms with E-state index >= 15 is 0 Å². The van der Waals surface area contributed by atoms with Crippen molar-refractivity contribution in [3.8, 4) is 16.9 Å². The number of fused-ring (bicyclic) bond motifs is 1. The summed E-state index contributed by atoms with van der Waals surface area (Å²) >= 11 is 0. The van der Waals surface area contributed by atoms with E-state index in [-0.39, 0.29) is 0 Å². The molecule has 1 N–H and O–H groups in total. The van der Waals surface area contributed by atoms with Crippen LogP contribution in [-0.4, -0.2) is 62.9 Å². The number of methoxy groups -OCH3 is 1. The number of rotatable bonds is 6. The Bertz CT molecular complexity index is 1240. The molecule has 0 atom stereocenters. The molecule has 0 spiro atoms. The fourth-order valence-electron chi connectivity index (χ4n) is 4.38. The summed E-state index contributed by atoms with van der Waals surface area (Å²) in [5, 5.41) is 9.44. The summed E-state index contributed by atoms with van der Waals surface area (Å²) in [4.78, 5) is 16.0. The van der Waals surface area contributed by atoms with Crippen molar-refractivity contribution in [2.24, 2.45) is 0 Å². The first-order valence-corrected chi connectivity index (χ1v) is 11.3. The highest BCUT2D eigenvalue weighted by atomic mass is 16.5. The highest BCUT2D eigenvalue weighted by molar-refractivity contribution is 5.85. The summed E-state index contributed by atoms with van der Waals surface area (Å²) in [5.74, 6) is 1.71. The second-order valence-corrected chi connectivity index (χ2v) is 8.69.